The Bertz CT molecular complexity index is 1030. The number of aliphatic hydroxyl groups is 1. The Hall–Kier alpha value is -2.72. The first-order valence-corrected chi connectivity index (χ1v) is 11.2. The van der Waals surface area contributed by atoms with Crippen LogP contribution in [-0.2, 0) is 15.9 Å². The molecule has 6 nitrogen and oxygen atoms in total. The van der Waals surface area contributed by atoms with Crippen molar-refractivity contribution in [3.63, 3.8) is 0 Å². The lowest BCUT2D eigenvalue weighted by Crippen LogP contribution is -2.49. The number of carbonyl (C=O) groups is 1. The third-order valence-electron chi connectivity index (χ3n) is 5.00. The highest BCUT2D eigenvalue weighted by Crippen LogP contribution is 2.39. The number of hydrogen-bond donors (Lipinski definition) is 3. The van der Waals surface area contributed by atoms with Crippen LogP contribution in [0.1, 0.15) is 65.3 Å². The molecule has 2 rings (SSSR count). The Kier molecular flexibility index (Phi) is 9.45. The lowest BCUT2D eigenvalue weighted by atomic mass is 9.89. The van der Waals surface area contributed by atoms with Gasteiger partial charge in [-0.15, -0.1) is 0 Å². The number of rotatable bonds is 5. The summed E-state index contributed by atoms with van der Waals surface area (Å²) in [6, 6.07) is 6.45. The molecule has 1 unspecified atom stereocenters. The number of benzene rings is 1. The molecule has 0 aliphatic rings. The van der Waals surface area contributed by atoms with Crippen LogP contribution in [0.4, 0.5) is 22.4 Å². The van der Waals surface area contributed by atoms with Gasteiger partial charge in [0.15, 0.2) is 0 Å². The second kappa shape index (κ2) is 10.9. The fraction of sp³-hybridized carbons (Fsp3) is 0.520. The maximum atomic E-state index is 13.8. The number of alkyl halides is 3. The molecule has 1 amide bonds. The Morgan fingerprint density at radius 1 is 1.09 bits per heavy atom. The number of aryl methyl sites for hydroxylation is 1. The first kappa shape index (κ1) is 30.3. The van der Waals surface area contributed by atoms with E-state index in [1.54, 1.807) is 34.6 Å². The summed E-state index contributed by atoms with van der Waals surface area (Å²) in [5.41, 5.74) is -0.0588. The number of hydrogen-bond acceptors (Lipinski definition) is 5. The molecule has 10 heteroatoms. The number of carbonyl (C=O) groups excluding carboxylic acids is 1. The Labute approximate surface area is 203 Å². The predicted octanol–water partition coefficient (Wildman–Crippen LogP) is 5.69. The van der Waals surface area contributed by atoms with Crippen molar-refractivity contribution >= 4 is 6.09 Å². The lowest BCUT2D eigenvalue weighted by molar-refractivity contribution is -0.263. The normalized spacial score (nSPS) is 13.9. The van der Waals surface area contributed by atoms with E-state index in [2.05, 4.69) is 10.3 Å². The van der Waals surface area contributed by atoms with E-state index in [1.807, 2.05) is 13.8 Å². The Morgan fingerprint density at radius 3 is 2.11 bits per heavy atom. The van der Waals surface area contributed by atoms with E-state index >= 15 is 0 Å². The topological polar surface area (TPSA) is 97.5 Å². The molecule has 0 aliphatic carbocycles. The van der Waals surface area contributed by atoms with Crippen LogP contribution in [0.5, 0.6) is 0 Å². The van der Waals surface area contributed by atoms with Gasteiger partial charge in [0.1, 0.15) is 11.4 Å². The minimum atomic E-state index is -5.12. The molecule has 0 fully saturated rings. The molecular weight excluding hydrogens is 466 g/mol. The molecule has 1 aromatic heterocycles. The lowest BCUT2D eigenvalue weighted by Gasteiger charge is -2.32. The van der Waals surface area contributed by atoms with Crippen LogP contribution < -0.4 is 11.1 Å². The van der Waals surface area contributed by atoms with E-state index in [9.17, 15) is 27.5 Å². The van der Waals surface area contributed by atoms with Gasteiger partial charge in [-0.3, -0.25) is 0 Å². The average Bonchev–Trinajstić information content (AvgIpc) is 2.73. The molecule has 196 valence electrons. The Morgan fingerprint density at radius 2 is 1.66 bits per heavy atom. The van der Waals surface area contributed by atoms with Crippen LogP contribution in [0.2, 0.25) is 0 Å². The standard InChI is InChI=1S/C23H29F4N3O3.C2H6/c1-13-9-14(7-8-16(13)24)17-10-15(21(5,6)30-19(31)33-20(2,3)4)11-18(29-17)22(32,12-28)23(25,26)27;1-2/h7-11,32H,12,28H2,1-6H3,(H,30,31);1-2H3. The summed E-state index contributed by atoms with van der Waals surface area (Å²) in [5.74, 6) is -0.490. The number of nitrogens with two attached hydrogens (primary N) is 1. The second-order valence-electron chi connectivity index (χ2n) is 9.40. The maximum absolute atomic E-state index is 13.8. The minimum absolute atomic E-state index is 0.0424. The van der Waals surface area contributed by atoms with Crippen LogP contribution in [0, 0.1) is 12.7 Å². The first-order chi connectivity index (χ1) is 15.9. The van der Waals surface area contributed by atoms with Crippen molar-refractivity contribution in [3.8, 4) is 11.3 Å². The van der Waals surface area contributed by atoms with Crippen molar-refractivity contribution in [1.82, 2.24) is 10.3 Å². The zero-order chi connectivity index (χ0) is 27.4. The highest BCUT2D eigenvalue weighted by atomic mass is 19.4. The zero-order valence-electron chi connectivity index (χ0n) is 21.4. The van der Waals surface area contributed by atoms with Gasteiger partial charge < -0.3 is 20.9 Å². The average molecular weight is 502 g/mol. The van der Waals surface area contributed by atoms with Gasteiger partial charge in [-0.1, -0.05) is 13.8 Å². The molecule has 0 radical (unpaired) electrons. The molecule has 0 aliphatic heterocycles. The number of alkyl carbamates (subject to hydrolysis) is 1. The molecule has 0 saturated heterocycles. The minimum Gasteiger partial charge on any atom is -0.444 e. The molecule has 1 heterocycles. The summed E-state index contributed by atoms with van der Waals surface area (Å²) in [7, 11) is 0. The molecule has 35 heavy (non-hydrogen) atoms. The fourth-order valence-corrected chi connectivity index (χ4v) is 3.05. The van der Waals surface area contributed by atoms with E-state index in [0.717, 1.165) is 6.07 Å². The van der Waals surface area contributed by atoms with Gasteiger partial charge in [0.25, 0.3) is 0 Å². The summed E-state index contributed by atoms with van der Waals surface area (Å²) < 4.78 is 60.3. The molecule has 4 N–H and O–H groups in total. The number of amides is 1. The summed E-state index contributed by atoms with van der Waals surface area (Å²) >= 11 is 0. The Balaban J connectivity index is 0.00000298. The van der Waals surface area contributed by atoms with Crippen molar-refractivity contribution in [2.24, 2.45) is 5.73 Å². The smallest absolute Gasteiger partial charge is 0.424 e. The SMILES string of the molecule is CC.Cc1cc(-c2cc(C(C)(C)NC(=O)OC(C)(C)C)cc(C(O)(CN)C(F)(F)F)n2)ccc1F. The van der Waals surface area contributed by atoms with Crippen molar-refractivity contribution in [1.29, 1.82) is 0 Å². The molecule has 2 aromatic rings. The van der Waals surface area contributed by atoms with E-state index in [-0.39, 0.29) is 16.8 Å². The van der Waals surface area contributed by atoms with Crippen LogP contribution in [0.15, 0.2) is 30.3 Å². The van der Waals surface area contributed by atoms with Crippen molar-refractivity contribution in [2.75, 3.05) is 6.54 Å². The van der Waals surface area contributed by atoms with Crippen molar-refractivity contribution < 1.29 is 32.2 Å². The second-order valence-corrected chi connectivity index (χ2v) is 9.40. The summed E-state index contributed by atoms with van der Waals surface area (Å²) in [6.45, 7) is 12.5. The summed E-state index contributed by atoms with van der Waals surface area (Å²) in [6.07, 6.45) is -5.90. The molecule has 1 atom stereocenters. The number of halogens is 4. The first-order valence-electron chi connectivity index (χ1n) is 11.2. The van der Waals surface area contributed by atoms with E-state index < -0.39 is 47.1 Å². The largest absolute Gasteiger partial charge is 0.444 e. The number of pyridine rings is 1. The molecule has 0 bridgehead atoms. The van der Waals surface area contributed by atoms with Gasteiger partial charge in [0.05, 0.1) is 16.9 Å². The maximum Gasteiger partial charge on any atom is 0.424 e. The number of ether oxygens (including phenoxy) is 1. The van der Waals surface area contributed by atoms with E-state index in [4.69, 9.17) is 10.5 Å². The van der Waals surface area contributed by atoms with Gasteiger partial charge in [-0.25, -0.2) is 14.2 Å². The van der Waals surface area contributed by atoms with Crippen molar-refractivity contribution in [3.05, 3.63) is 53.0 Å². The fourth-order valence-electron chi connectivity index (χ4n) is 3.05. The predicted molar refractivity (Wildman–Crippen MR) is 127 cm³/mol. The van der Waals surface area contributed by atoms with Gasteiger partial charge >= 0.3 is 12.3 Å². The van der Waals surface area contributed by atoms with Crippen LogP contribution in [0.25, 0.3) is 11.3 Å². The van der Waals surface area contributed by atoms with E-state index in [0.29, 0.717) is 5.56 Å². The van der Waals surface area contributed by atoms with Crippen molar-refractivity contribution in [2.45, 2.75) is 78.3 Å². The van der Waals surface area contributed by atoms with Gasteiger partial charge in [-0.05, 0) is 83.0 Å². The molecular formula is C25H35F4N3O3. The van der Waals surface area contributed by atoms with Crippen LogP contribution >= 0.6 is 0 Å². The zero-order valence-corrected chi connectivity index (χ0v) is 21.4. The van der Waals surface area contributed by atoms with Crippen LogP contribution in [0.3, 0.4) is 0 Å². The van der Waals surface area contributed by atoms with Gasteiger partial charge in [0, 0.05) is 12.1 Å². The number of nitrogens with zero attached hydrogens (tertiary/aromatic N) is 1. The summed E-state index contributed by atoms with van der Waals surface area (Å²) in [5, 5.41) is 13.1. The number of aromatic nitrogens is 1. The third-order valence-corrected chi connectivity index (χ3v) is 5.00. The quantitative estimate of drug-likeness (QED) is 0.457. The molecule has 0 spiro atoms. The van der Waals surface area contributed by atoms with Gasteiger partial charge in [-0.2, -0.15) is 13.2 Å². The van der Waals surface area contributed by atoms with E-state index in [1.165, 1.54) is 31.2 Å². The van der Waals surface area contributed by atoms with Crippen LogP contribution in [-0.4, -0.2) is 34.5 Å². The summed E-state index contributed by atoms with van der Waals surface area (Å²) in [4.78, 5) is 16.4. The molecule has 1 aromatic carbocycles. The van der Waals surface area contributed by atoms with Gasteiger partial charge in [0.2, 0.25) is 5.60 Å². The highest BCUT2D eigenvalue weighted by Gasteiger charge is 2.55. The molecule has 0 saturated carbocycles. The third kappa shape index (κ3) is 7.38. The number of nitrogens with one attached hydrogen (secondary N) is 1. The monoisotopic (exact) mass is 501 g/mol. The highest BCUT2D eigenvalue weighted by molar-refractivity contribution is 5.69.